The highest BCUT2D eigenvalue weighted by atomic mass is 16.4. The van der Waals surface area contributed by atoms with Crippen LogP contribution in [-0.4, -0.2) is 35.0 Å². The van der Waals surface area contributed by atoms with Gasteiger partial charge in [0.1, 0.15) is 0 Å². The Morgan fingerprint density at radius 2 is 2.14 bits per heavy atom. The van der Waals surface area contributed by atoms with Gasteiger partial charge in [-0.3, -0.25) is 4.79 Å². The fraction of sp³-hybridized carbons (Fsp3) is 0.600. The molecule has 1 amide bonds. The Morgan fingerprint density at radius 3 is 2.64 bits per heavy atom. The van der Waals surface area contributed by atoms with E-state index in [4.69, 9.17) is 5.11 Å². The first kappa shape index (κ1) is 10.8. The van der Waals surface area contributed by atoms with Crippen LogP contribution < -0.4 is 0 Å². The van der Waals surface area contributed by atoms with Crippen LogP contribution in [0.5, 0.6) is 0 Å². The van der Waals surface area contributed by atoms with E-state index in [9.17, 15) is 9.59 Å². The van der Waals surface area contributed by atoms with Crippen LogP contribution in [0.4, 0.5) is 0 Å². The summed E-state index contributed by atoms with van der Waals surface area (Å²) in [6.07, 6.45) is 2.33. The summed E-state index contributed by atoms with van der Waals surface area (Å²) in [6, 6.07) is 0. The molecule has 1 N–H and O–H groups in total. The fourth-order valence-electron chi connectivity index (χ4n) is 1.45. The van der Waals surface area contributed by atoms with E-state index in [0.717, 1.165) is 0 Å². The summed E-state index contributed by atoms with van der Waals surface area (Å²) in [5, 5.41) is 8.77. The number of nitrogens with zero attached hydrogens (tertiary/aromatic N) is 1. The Kier molecular flexibility index (Phi) is 3.28. The van der Waals surface area contributed by atoms with E-state index in [1.54, 1.807) is 11.0 Å². The van der Waals surface area contributed by atoms with Crippen LogP contribution in [0.25, 0.3) is 0 Å². The van der Waals surface area contributed by atoms with Crippen molar-refractivity contribution in [2.24, 2.45) is 5.92 Å². The van der Waals surface area contributed by atoms with Gasteiger partial charge in [-0.2, -0.15) is 0 Å². The number of carboxylic acid groups (broad SMARTS) is 1. The zero-order valence-corrected chi connectivity index (χ0v) is 8.49. The molecule has 0 spiro atoms. The maximum Gasteiger partial charge on any atom is 0.333 e. The normalized spacial score (nSPS) is 16.8. The predicted octanol–water partition coefficient (Wildman–Crippen LogP) is 0.886. The zero-order valence-electron chi connectivity index (χ0n) is 8.49. The van der Waals surface area contributed by atoms with E-state index >= 15 is 0 Å². The summed E-state index contributed by atoms with van der Waals surface area (Å²) in [4.78, 5) is 23.9. The third kappa shape index (κ3) is 2.34. The fourth-order valence-corrected chi connectivity index (χ4v) is 1.45. The molecule has 78 valence electrons. The molecule has 1 heterocycles. The summed E-state index contributed by atoms with van der Waals surface area (Å²) < 4.78 is 0. The molecule has 1 aliphatic rings. The van der Waals surface area contributed by atoms with E-state index in [-0.39, 0.29) is 18.4 Å². The summed E-state index contributed by atoms with van der Waals surface area (Å²) in [5.41, 5.74) is 0.324. The molecule has 0 saturated carbocycles. The molecule has 0 atom stereocenters. The molecular formula is C10H15NO3. The molecule has 4 heteroatoms. The number of carbonyl (C=O) groups is 2. The highest BCUT2D eigenvalue weighted by Crippen LogP contribution is 2.12. The second-order valence-electron chi connectivity index (χ2n) is 3.74. The van der Waals surface area contributed by atoms with Gasteiger partial charge in [0, 0.05) is 12.5 Å². The lowest BCUT2D eigenvalue weighted by molar-refractivity contribution is -0.136. The highest BCUT2D eigenvalue weighted by molar-refractivity contribution is 5.89. The Morgan fingerprint density at radius 1 is 1.50 bits per heavy atom. The van der Waals surface area contributed by atoms with Crippen molar-refractivity contribution >= 4 is 11.9 Å². The van der Waals surface area contributed by atoms with E-state index in [2.05, 4.69) is 0 Å². The zero-order chi connectivity index (χ0) is 10.7. The van der Waals surface area contributed by atoms with Crippen LogP contribution in [-0.2, 0) is 9.59 Å². The maximum absolute atomic E-state index is 11.6. The number of rotatable bonds is 2. The number of carboxylic acids is 1. The van der Waals surface area contributed by atoms with Crippen LogP contribution in [0.15, 0.2) is 11.6 Å². The van der Waals surface area contributed by atoms with Crippen LogP contribution in [0.2, 0.25) is 0 Å². The molecule has 1 rings (SSSR count). The van der Waals surface area contributed by atoms with Crippen molar-refractivity contribution in [1.82, 2.24) is 4.90 Å². The Balaban J connectivity index is 2.66. The van der Waals surface area contributed by atoms with Gasteiger partial charge in [0.25, 0.3) is 0 Å². The van der Waals surface area contributed by atoms with Gasteiger partial charge in [-0.25, -0.2) is 4.79 Å². The van der Waals surface area contributed by atoms with Crippen molar-refractivity contribution in [3.8, 4) is 0 Å². The number of hydrogen-bond donors (Lipinski definition) is 1. The van der Waals surface area contributed by atoms with E-state index < -0.39 is 5.97 Å². The van der Waals surface area contributed by atoms with Crippen molar-refractivity contribution in [2.75, 3.05) is 13.1 Å². The quantitative estimate of drug-likeness (QED) is 0.715. The Hall–Kier alpha value is -1.32. The number of carbonyl (C=O) groups excluding carboxylic acids is 1. The standard InChI is InChI=1S/C10H15NO3/c1-7(2)9(12)11-5-3-4-8(6-11)10(13)14/h4,7H,3,5-6H2,1-2H3,(H,13,14). The molecule has 0 saturated heterocycles. The summed E-state index contributed by atoms with van der Waals surface area (Å²) in [5.74, 6) is -0.966. The van der Waals surface area contributed by atoms with E-state index in [1.807, 2.05) is 13.8 Å². The van der Waals surface area contributed by atoms with E-state index in [1.165, 1.54) is 0 Å². The van der Waals surface area contributed by atoms with Crippen molar-refractivity contribution < 1.29 is 14.7 Å². The van der Waals surface area contributed by atoms with Crippen molar-refractivity contribution in [3.05, 3.63) is 11.6 Å². The van der Waals surface area contributed by atoms with Gasteiger partial charge >= 0.3 is 5.97 Å². The summed E-state index contributed by atoms with van der Waals surface area (Å²) in [7, 11) is 0. The molecule has 14 heavy (non-hydrogen) atoms. The number of hydrogen-bond acceptors (Lipinski definition) is 2. The third-order valence-corrected chi connectivity index (χ3v) is 2.23. The van der Waals surface area contributed by atoms with Crippen molar-refractivity contribution in [2.45, 2.75) is 20.3 Å². The smallest absolute Gasteiger partial charge is 0.333 e. The van der Waals surface area contributed by atoms with Crippen molar-refractivity contribution in [3.63, 3.8) is 0 Å². The SMILES string of the molecule is CC(C)C(=O)N1CCC=C(C(=O)O)C1. The predicted molar refractivity (Wildman–Crippen MR) is 51.8 cm³/mol. The highest BCUT2D eigenvalue weighted by Gasteiger charge is 2.22. The Labute approximate surface area is 83.2 Å². The number of aliphatic carboxylic acids is 1. The van der Waals surface area contributed by atoms with E-state index in [0.29, 0.717) is 18.5 Å². The van der Waals surface area contributed by atoms with Crippen molar-refractivity contribution in [1.29, 1.82) is 0 Å². The minimum absolute atomic E-state index is 0.0249. The second kappa shape index (κ2) is 4.26. The third-order valence-electron chi connectivity index (χ3n) is 2.23. The lowest BCUT2D eigenvalue weighted by Gasteiger charge is -2.27. The molecule has 0 aromatic rings. The molecule has 0 fully saturated rings. The monoisotopic (exact) mass is 197 g/mol. The minimum atomic E-state index is -0.925. The molecule has 0 aliphatic carbocycles. The van der Waals surface area contributed by atoms with Gasteiger partial charge in [-0.1, -0.05) is 19.9 Å². The molecule has 0 aromatic heterocycles. The second-order valence-corrected chi connectivity index (χ2v) is 3.74. The molecule has 0 bridgehead atoms. The minimum Gasteiger partial charge on any atom is -0.478 e. The molecular weight excluding hydrogens is 182 g/mol. The van der Waals surface area contributed by atoms with Gasteiger partial charge in [-0.05, 0) is 6.42 Å². The lowest BCUT2D eigenvalue weighted by Crippen LogP contribution is -2.39. The van der Waals surface area contributed by atoms with Crippen LogP contribution in [0.1, 0.15) is 20.3 Å². The largest absolute Gasteiger partial charge is 0.478 e. The number of amides is 1. The first-order chi connectivity index (χ1) is 6.52. The summed E-state index contributed by atoms with van der Waals surface area (Å²) >= 11 is 0. The van der Waals surface area contributed by atoms with Crippen LogP contribution in [0.3, 0.4) is 0 Å². The first-order valence-corrected chi connectivity index (χ1v) is 4.73. The average molecular weight is 197 g/mol. The molecule has 0 radical (unpaired) electrons. The molecule has 4 nitrogen and oxygen atoms in total. The van der Waals surface area contributed by atoms with Gasteiger partial charge < -0.3 is 10.0 Å². The Bertz CT molecular complexity index is 281. The van der Waals surface area contributed by atoms with Crippen LogP contribution in [0, 0.1) is 5.92 Å². The van der Waals surface area contributed by atoms with Gasteiger partial charge in [0.2, 0.25) is 5.91 Å². The topological polar surface area (TPSA) is 57.6 Å². The van der Waals surface area contributed by atoms with Crippen LogP contribution >= 0.6 is 0 Å². The molecule has 0 unspecified atom stereocenters. The summed E-state index contributed by atoms with van der Waals surface area (Å²) in [6.45, 7) is 4.52. The first-order valence-electron chi connectivity index (χ1n) is 4.73. The molecule has 1 aliphatic heterocycles. The maximum atomic E-state index is 11.6. The van der Waals surface area contributed by atoms with Gasteiger partial charge in [0.05, 0.1) is 12.1 Å². The van der Waals surface area contributed by atoms with Gasteiger partial charge in [0.15, 0.2) is 0 Å². The molecule has 0 aromatic carbocycles. The lowest BCUT2D eigenvalue weighted by atomic mass is 10.1. The van der Waals surface area contributed by atoms with Gasteiger partial charge in [-0.15, -0.1) is 0 Å². The average Bonchev–Trinajstić information content (AvgIpc) is 2.16.